The maximum absolute atomic E-state index is 12.4. The first-order chi connectivity index (χ1) is 11.6. The van der Waals surface area contributed by atoms with E-state index < -0.39 is 4.92 Å². The summed E-state index contributed by atoms with van der Waals surface area (Å²) in [5.41, 5.74) is 0.0122. The van der Waals surface area contributed by atoms with Crippen LogP contribution in [0.2, 0.25) is 0 Å². The number of carbonyl (C=O) groups is 1. The Labute approximate surface area is 141 Å². The largest absolute Gasteiger partial charge is 0.484 e. The molecule has 0 spiro atoms. The zero-order chi connectivity index (χ0) is 16.9. The Kier molecular flexibility index (Phi) is 5.30. The summed E-state index contributed by atoms with van der Waals surface area (Å²) in [6.07, 6.45) is 4.71. The molecule has 7 heteroatoms. The fourth-order valence-electron chi connectivity index (χ4n) is 3.49. The molecule has 1 aromatic rings. The van der Waals surface area contributed by atoms with Gasteiger partial charge in [-0.05, 0) is 50.9 Å². The van der Waals surface area contributed by atoms with Gasteiger partial charge in [-0.2, -0.15) is 0 Å². The number of rotatable bonds is 5. The van der Waals surface area contributed by atoms with E-state index >= 15 is 0 Å². The number of benzene rings is 1. The monoisotopic (exact) mass is 333 g/mol. The maximum atomic E-state index is 12.4. The smallest absolute Gasteiger partial charge is 0.269 e. The molecule has 130 valence electrons. The first kappa shape index (κ1) is 16.7. The maximum Gasteiger partial charge on any atom is 0.269 e. The molecule has 0 radical (unpaired) electrons. The Morgan fingerprint density at radius 2 is 1.88 bits per heavy atom. The minimum atomic E-state index is -0.457. The van der Waals surface area contributed by atoms with Crippen molar-refractivity contribution < 1.29 is 14.5 Å². The molecule has 0 unspecified atom stereocenters. The lowest BCUT2D eigenvalue weighted by molar-refractivity contribution is -0.384. The van der Waals surface area contributed by atoms with Crippen molar-refractivity contribution in [1.29, 1.82) is 0 Å². The molecule has 1 atom stereocenters. The average Bonchev–Trinajstić information content (AvgIpc) is 3.15. The fourth-order valence-corrected chi connectivity index (χ4v) is 3.49. The second kappa shape index (κ2) is 7.61. The van der Waals surface area contributed by atoms with Gasteiger partial charge in [-0.15, -0.1) is 0 Å². The molecule has 3 rings (SSSR count). The quantitative estimate of drug-likeness (QED) is 0.609. The molecule has 2 heterocycles. The van der Waals surface area contributed by atoms with Gasteiger partial charge in [0.25, 0.3) is 11.6 Å². The zero-order valence-corrected chi connectivity index (χ0v) is 13.7. The normalized spacial score (nSPS) is 21.7. The molecule has 0 aromatic heterocycles. The van der Waals surface area contributed by atoms with E-state index in [2.05, 4.69) is 4.90 Å². The predicted molar refractivity (Wildman–Crippen MR) is 89.0 cm³/mol. The molecule has 2 aliphatic rings. The van der Waals surface area contributed by atoms with Crippen molar-refractivity contribution >= 4 is 11.6 Å². The Bertz CT molecular complexity index is 584. The number of nitro groups is 1. The molecule has 0 N–H and O–H groups in total. The molecule has 1 aromatic carbocycles. The van der Waals surface area contributed by atoms with Gasteiger partial charge >= 0.3 is 0 Å². The molecule has 7 nitrogen and oxygen atoms in total. The van der Waals surface area contributed by atoms with Crippen LogP contribution in [0.5, 0.6) is 5.75 Å². The van der Waals surface area contributed by atoms with Crippen LogP contribution in [0.15, 0.2) is 24.3 Å². The van der Waals surface area contributed by atoms with E-state index in [4.69, 9.17) is 4.74 Å². The van der Waals surface area contributed by atoms with Crippen LogP contribution in [0.1, 0.15) is 25.7 Å². The molecule has 24 heavy (non-hydrogen) atoms. The number of carbonyl (C=O) groups excluding carboxylic acids is 1. The van der Waals surface area contributed by atoms with Crippen LogP contribution < -0.4 is 4.74 Å². The summed E-state index contributed by atoms with van der Waals surface area (Å²) >= 11 is 0. The summed E-state index contributed by atoms with van der Waals surface area (Å²) in [4.78, 5) is 26.9. The van der Waals surface area contributed by atoms with Crippen LogP contribution in [-0.4, -0.2) is 59.5 Å². The van der Waals surface area contributed by atoms with Gasteiger partial charge in [0.2, 0.25) is 0 Å². The van der Waals surface area contributed by atoms with Crippen molar-refractivity contribution in [1.82, 2.24) is 9.80 Å². The number of non-ortho nitro benzene ring substituents is 1. The van der Waals surface area contributed by atoms with Gasteiger partial charge in [0, 0.05) is 31.3 Å². The highest BCUT2D eigenvalue weighted by atomic mass is 16.6. The number of hydrogen-bond acceptors (Lipinski definition) is 5. The highest BCUT2D eigenvalue weighted by molar-refractivity contribution is 5.78. The van der Waals surface area contributed by atoms with Crippen molar-refractivity contribution in [2.24, 2.45) is 0 Å². The Balaban J connectivity index is 1.49. The van der Waals surface area contributed by atoms with Crippen LogP contribution in [-0.2, 0) is 4.79 Å². The number of ether oxygens (including phenoxy) is 1. The highest BCUT2D eigenvalue weighted by Gasteiger charge is 2.29. The van der Waals surface area contributed by atoms with Gasteiger partial charge in [-0.3, -0.25) is 19.8 Å². The summed E-state index contributed by atoms with van der Waals surface area (Å²) < 4.78 is 5.49. The third kappa shape index (κ3) is 4.03. The number of likely N-dealkylation sites (tertiary alicyclic amines) is 2. The van der Waals surface area contributed by atoms with E-state index in [0.29, 0.717) is 11.8 Å². The molecule has 2 fully saturated rings. The predicted octanol–water partition coefficient (Wildman–Crippen LogP) is 2.06. The van der Waals surface area contributed by atoms with Crippen molar-refractivity contribution in [3.8, 4) is 5.75 Å². The van der Waals surface area contributed by atoms with E-state index in [0.717, 1.165) is 39.0 Å². The van der Waals surface area contributed by atoms with Crippen LogP contribution in [0, 0.1) is 10.1 Å². The number of hydrogen-bond donors (Lipinski definition) is 0. The topological polar surface area (TPSA) is 75.9 Å². The fraction of sp³-hybridized carbons (Fsp3) is 0.588. The van der Waals surface area contributed by atoms with Gasteiger partial charge in [0.1, 0.15) is 5.75 Å². The van der Waals surface area contributed by atoms with E-state index in [-0.39, 0.29) is 18.2 Å². The summed E-state index contributed by atoms with van der Waals surface area (Å²) in [5.74, 6) is 0.458. The van der Waals surface area contributed by atoms with Gasteiger partial charge in [0.15, 0.2) is 6.61 Å². The molecule has 0 aliphatic carbocycles. The van der Waals surface area contributed by atoms with Crippen LogP contribution in [0.25, 0.3) is 0 Å². The molecule has 2 saturated heterocycles. The molecule has 2 aliphatic heterocycles. The summed E-state index contributed by atoms with van der Waals surface area (Å²) in [6.45, 7) is 3.83. The number of nitrogens with zero attached hydrogens (tertiary/aromatic N) is 3. The second-order valence-electron chi connectivity index (χ2n) is 6.42. The lowest BCUT2D eigenvalue weighted by Gasteiger charge is -2.37. The SMILES string of the molecule is O=C(COc1ccc([N+](=O)[O-])cc1)N1CCC[C@@H](N2CCCC2)C1. The first-order valence-electron chi connectivity index (χ1n) is 8.52. The van der Waals surface area contributed by atoms with Crippen molar-refractivity contribution in [3.63, 3.8) is 0 Å². The van der Waals surface area contributed by atoms with Crippen LogP contribution in [0.4, 0.5) is 5.69 Å². The van der Waals surface area contributed by atoms with Gasteiger partial charge in [-0.1, -0.05) is 0 Å². The standard InChI is InChI=1S/C17H23N3O4/c21-17(13-24-16-7-5-14(6-8-16)20(22)23)19-11-3-4-15(12-19)18-9-1-2-10-18/h5-8,15H,1-4,9-13H2/t15-/m1/s1. The average molecular weight is 333 g/mol. The molecule has 0 saturated carbocycles. The lowest BCUT2D eigenvalue weighted by atomic mass is 10.0. The Morgan fingerprint density at radius 3 is 2.54 bits per heavy atom. The zero-order valence-electron chi connectivity index (χ0n) is 13.7. The Hall–Kier alpha value is -2.15. The molecular weight excluding hydrogens is 310 g/mol. The minimum absolute atomic E-state index is 0.0122. The van der Waals surface area contributed by atoms with Crippen molar-refractivity contribution in [2.75, 3.05) is 32.8 Å². The molecule has 1 amide bonds. The number of amides is 1. The molecular formula is C17H23N3O4. The van der Waals surface area contributed by atoms with Crippen LogP contribution in [0.3, 0.4) is 0 Å². The van der Waals surface area contributed by atoms with Crippen molar-refractivity contribution in [3.05, 3.63) is 34.4 Å². The third-order valence-corrected chi connectivity index (χ3v) is 4.82. The van der Waals surface area contributed by atoms with Gasteiger partial charge in [0.05, 0.1) is 4.92 Å². The summed E-state index contributed by atoms with van der Waals surface area (Å²) in [6, 6.07) is 6.28. The van der Waals surface area contributed by atoms with Crippen molar-refractivity contribution in [2.45, 2.75) is 31.7 Å². The summed E-state index contributed by atoms with van der Waals surface area (Å²) in [5, 5.41) is 10.6. The summed E-state index contributed by atoms with van der Waals surface area (Å²) in [7, 11) is 0. The van der Waals surface area contributed by atoms with E-state index in [9.17, 15) is 14.9 Å². The van der Waals surface area contributed by atoms with E-state index in [1.807, 2.05) is 4.90 Å². The first-order valence-corrected chi connectivity index (χ1v) is 8.52. The second-order valence-corrected chi connectivity index (χ2v) is 6.42. The number of nitro benzene ring substituents is 1. The van der Waals surface area contributed by atoms with E-state index in [1.54, 1.807) is 0 Å². The lowest BCUT2D eigenvalue weighted by Crippen LogP contribution is -2.50. The van der Waals surface area contributed by atoms with Crippen LogP contribution >= 0.6 is 0 Å². The molecule has 0 bridgehead atoms. The number of piperidine rings is 1. The van der Waals surface area contributed by atoms with E-state index in [1.165, 1.54) is 37.1 Å². The third-order valence-electron chi connectivity index (χ3n) is 4.82. The highest BCUT2D eigenvalue weighted by Crippen LogP contribution is 2.21. The van der Waals surface area contributed by atoms with Gasteiger partial charge < -0.3 is 9.64 Å². The van der Waals surface area contributed by atoms with Gasteiger partial charge in [-0.25, -0.2) is 0 Å². The Morgan fingerprint density at radius 1 is 1.17 bits per heavy atom. The minimum Gasteiger partial charge on any atom is -0.484 e.